The van der Waals surface area contributed by atoms with Crippen molar-refractivity contribution >= 4 is 0 Å². The zero-order chi connectivity index (χ0) is 12.1. The molecule has 0 amide bonds. The van der Waals surface area contributed by atoms with Crippen LogP contribution in [0.15, 0.2) is 18.2 Å². The highest BCUT2D eigenvalue weighted by atomic mass is 19.2. The van der Waals surface area contributed by atoms with Gasteiger partial charge in [0.2, 0.25) is 0 Å². The van der Waals surface area contributed by atoms with Crippen LogP contribution in [0.5, 0.6) is 0 Å². The van der Waals surface area contributed by atoms with Crippen molar-refractivity contribution in [2.75, 3.05) is 6.54 Å². The lowest BCUT2D eigenvalue weighted by molar-refractivity contribution is 0.396. The van der Waals surface area contributed by atoms with Gasteiger partial charge in [0.25, 0.3) is 0 Å². The fourth-order valence-electron chi connectivity index (χ4n) is 1.75. The predicted molar refractivity (Wildman–Crippen MR) is 62.4 cm³/mol. The average Bonchev–Trinajstić information content (AvgIpc) is 2.23. The highest BCUT2D eigenvalue weighted by Gasteiger charge is 2.16. The summed E-state index contributed by atoms with van der Waals surface area (Å²) in [5.74, 6) is -1.09. The van der Waals surface area contributed by atoms with Crippen molar-refractivity contribution in [3.8, 4) is 0 Å². The van der Waals surface area contributed by atoms with Gasteiger partial charge in [-0.05, 0) is 30.5 Å². The van der Waals surface area contributed by atoms with Crippen molar-refractivity contribution in [1.82, 2.24) is 5.32 Å². The number of likely N-dealkylation sites (N-methyl/N-ethyl adjacent to an activating group) is 1. The van der Waals surface area contributed by atoms with E-state index in [0.29, 0.717) is 17.9 Å². The molecule has 0 heterocycles. The average molecular weight is 227 g/mol. The number of rotatable bonds is 5. The molecule has 0 aromatic heterocycles. The lowest BCUT2D eigenvalue weighted by Gasteiger charge is -2.22. The van der Waals surface area contributed by atoms with E-state index in [9.17, 15) is 8.78 Å². The van der Waals surface area contributed by atoms with Gasteiger partial charge in [0, 0.05) is 6.04 Å². The third kappa shape index (κ3) is 3.27. The van der Waals surface area contributed by atoms with Crippen LogP contribution in [0, 0.1) is 17.6 Å². The fraction of sp³-hybridized carbons (Fsp3) is 0.538. The molecule has 0 saturated carbocycles. The molecule has 0 aliphatic rings. The fourth-order valence-corrected chi connectivity index (χ4v) is 1.75. The molecule has 0 radical (unpaired) electrons. The number of halogens is 2. The standard InChI is InChI=1S/C13H19F2N/c1-4-16-12(9(2)3)8-10-6-5-7-11(14)13(10)15/h5-7,9,12,16H,4,8H2,1-3H3. The van der Waals surface area contributed by atoms with Crippen molar-refractivity contribution in [2.45, 2.75) is 33.2 Å². The van der Waals surface area contributed by atoms with Gasteiger partial charge in [-0.15, -0.1) is 0 Å². The summed E-state index contributed by atoms with van der Waals surface area (Å²) < 4.78 is 26.5. The molecular formula is C13H19F2N. The van der Waals surface area contributed by atoms with Crippen LogP contribution in [0.2, 0.25) is 0 Å². The molecular weight excluding hydrogens is 208 g/mol. The summed E-state index contributed by atoms with van der Waals surface area (Å²) in [5, 5.41) is 3.29. The maximum Gasteiger partial charge on any atom is 0.162 e. The largest absolute Gasteiger partial charge is 0.314 e. The first-order valence-corrected chi connectivity index (χ1v) is 5.72. The molecule has 0 aliphatic heterocycles. The van der Waals surface area contributed by atoms with E-state index in [1.807, 2.05) is 6.92 Å². The third-order valence-electron chi connectivity index (χ3n) is 2.74. The second-order valence-electron chi connectivity index (χ2n) is 4.33. The Labute approximate surface area is 95.9 Å². The van der Waals surface area contributed by atoms with E-state index in [0.717, 1.165) is 12.6 Å². The van der Waals surface area contributed by atoms with Crippen LogP contribution in [0.4, 0.5) is 8.78 Å². The van der Waals surface area contributed by atoms with Gasteiger partial charge in [-0.3, -0.25) is 0 Å². The third-order valence-corrected chi connectivity index (χ3v) is 2.74. The van der Waals surface area contributed by atoms with Gasteiger partial charge in [-0.2, -0.15) is 0 Å². The number of benzene rings is 1. The van der Waals surface area contributed by atoms with E-state index in [2.05, 4.69) is 19.2 Å². The minimum Gasteiger partial charge on any atom is -0.314 e. The van der Waals surface area contributed by atoms with Crippen LogP contribution in [0.1, 0.15) is 26.3 Å². The summed E-state index contributed by atoms with van der Waals surface area (Å²) in [7, 11) is 0. The summed E-state index contributed by atoms with van der Waals surface area (Å²) in [6, 6.07) is 4.53. The van der Waals surface area contributed by atoms with Crippen LogP contribution < -0.4 is 5.32 Å². The quantitative estimate of drug-likeness (QED) is 0.814. The number of hydrogen-bond acceptors (Lipinski definition) is 1. The smallest absolute Gasteiger partial charge is 0.162 e. The first-order chi connectivity index (χ1) is 7.56. The highest BCUT2D eigenvalue weighted by molar-refractivity contribution is 5.20. The predicted octanol–water partition coefficient (Wildman–Crippen LogP) is 3.14. The highest BCUT2D eigenvalue weighted by Crippen LogP contribution is 2.16. The lowest BCUT2D eigenvalue weighted by Crippen LogP contribution is -2.35. The van der Waals surface area contributed by atoms with Crippen molar-refractivity contribution in [3.05, 3.63) is 35.4 Å². The molecule has 0 spiro atoms. The first kappa shape index (κ1) is 13.1. The zero-order valence-electron chi connectivity index (χ0n) is 10.1. The van der Waals surface area contributed by atoms with E-state index in [4.69, 9.17) is 0 Å². The van der Waals surface area contributed by atoms with Crippen LogP contribution in [0.25, 0.3) is 0 Å². The van der Waals surface area contributed by atoms with Gasteiger partial charge in [0.1, 0.15) is 0 Å². The van der Waals surface area contributed by atoms with Gasteiger partial charge in [-0.1, -0.05) is 32.9 Å². The molecule has 90 valence electrons. The van der Waals surface area contributed by atoms with Crippen LogP contribution in [-0.2, 0) is 6.42 Å². The normalized spacial score (nSPS) is 13.1. The molecule has 1 nitrogen and oxygen atoms in total. The molecule has 1 aromatic carbocycles. The van der Waals surface area contributed by atoms with Gasteiger partial charge in [-0.25, -0.2) is 8.78 Å². The van der Waals surface area contributed by atoms with Gasteiger partial charge < -0.3 is 5.32 Å². The minimum absolute atomic E-state index is 0.182. The van der Waals surface area contributed by atoms with E-state index in [-0.39, 0.29) is 6.04 Å². The van der Waals surface area contributed by atoms with E-state index in [1.165, 1.54) is 0 Å². The molecule has 1 atom stereocenters. The van der Waals surface area contributed by atoms with Crippen molar-refractivity contribution in [2.24, 2.45) is 5.92 Å². The molecule has 1 unspecified atom stereocenters. The second kappa shape index (κ2) is 5.94. The molecule has 1 rings (SSSR count). The lowest BCUT2D eigenvalue weighted by atomic mass is 9.96. The number of hydrogen-bond donors (Lipinski definition) is 1. The number of nitrogens with one attached hydrogen (secondary N) is 1. The van der Waals surface area contributed by atoms with E-state index in [1.54, 1.807) is 12.1 Å². The van der Waals surface area contributed by atoms with Gasteiger partial charge in [0.05, 0.1) is 0 Å². The molecule has 16 heavy (non-hydrogen) atoms. The molecule has 1 aromatic rings. The molecule has 0 aliphatic carbocycles. The Morgan fingerprint density at radius 2 is 1.94 bits per heavy atom. The van der Waals surface area contributed by atoms with Crippen LogP contribution in [0.3, 0.4) is 0 Å². The molecule has 3 heteroatoms. The Kier molecular flexibility index (Phi) is 4.87. The van der Waals surface area contributed by atoms with Gasteiger partial charge >= 0.3 is 0 Å². The Hall–Kier alpha value is -0.960. The van der Waals surface area contributed by atoms with Crippen LogP contribution in [-0.4, -0.2) is 12.6 Å². The Morgan fingerprint density at radius 1 is 1.25 bits per heavy atom. The molecule has 1 N–H and O–H groups in total. The Balaban J connectivity index is 2.81. The first-order valence-electron chi connectivity index (χ1n) is 5.72. The van der Waals surface area contributed by atoms with Crippen molar-refractivity contribution < 1.29 is 8.78 Å². The monoisotopic (exact) mass is 227 g/mol. The van der Waals surface area contributed by atoms with E-state index >= 15 is 0 Å². The van der Waals surface area contributed by atoms with E-state index < -0.39 is 11.6 Å². The summed E-state index contributed by atoms with van der Waals surface area (Å²) >= 11 is 0. The summed E-state index contributed by atoms with van der Waals surface area (Å²) in [5.41, 5.74) is 0.444. The zero-order valence-corrected chi connectivity index (χ0v) is 10.1. The topological polar surface area (TPSA) is 12.0 Å². The maximum atomic E-state index is 13.5. The van der Waals surface area contributed by atoms with Crippen molar-refractivity contribution in [1.29, 1.82) is 0 Å². The molecule has 0 fully saturated rings. The minimum atomic E-state index is -0.767. The second-order valence-corrected chi connectivity index (χ2v) is 4.33. The summed E-state index contributed by atoms with van der Waals surface area (Å²) in [6.07, 6.45) is 0.523. The Bertz CT molecular complexity index is 337. The summed E-state index contributed by atoms with van der Waals surface area (Å²) in [6.45, 7) is 6.99. The van der Waals surface area contributed by atoms with Gasteiger partial charge in [0.15, 0.2) is 11.6 Å². The summed E-state index contributed by atoms with van der Waals surface area (Å²) in [4.78, 5) is 0. The van der Waals surface area contributed by atoms with Crippen molar-refractivity contribution in [3.63, 3.8) is 0 Å². The van der Waals surface area contributed by atoms with Crippen LogP contribution >= 0.6 is 0 Å². The Morgan fingerprint density at radius 3 is 2.50 bits per heavy atom. The molecule has 0 saturated heterocycles. The maximum absolute atomic E-state index is 13.5. The molecule has 0 bridgehead atoms. The SMILES string of the molecule is CCNC(Cc1cccc(F)c1F)C(C)C.